The Labute approximate surface area is 162 Å². The van der Waals surface area contributed by atoms with Crippen LogP contribution in [-0.2, 0) is 6.54 Å². The molecule has 2 heterocycles. The molecule has 0 atom stereocenters. The fraction of sp³-hybridized carbons (Fsp3) is 0.300. The molecule has 0 unspecified atom stereocenters. The predicted molar refractivity (Wildman–Crippen MR) is 103 cm³/mol. The van der Waals surface area contributed by atoms with Crippen molar-refractivity contribution >= 4 is 17.5 Å². The predicted octanol–water partition coefficient (Wildman–Crippen LogP) is 4.62. The van der Waals surface area contributed by atoms with E-state index in [0.717, 1.165) is 16.7 Å². The molecule has 1 aromatic heterocycles. The smallest absolute Gasteiger partial charge is 0.266 e. The molecule has 140 valence electrons. The third kappa shape index (κ3) is 3.57. The van der Waals surface area contributed by atoms with Gasteiger partial charge in [0.2, 0.25) is 5.89 Å². The summed E-state index contributed by atoms with van der Waals surface area (Å²) in [6.07, 6.45) is 0. The number of aromatic nitrogens is 2. The van der Waals surface area contributed by atoms with Gasteiger partial charge in [0.1, 0.15) is 6.61 Å². The highest BCUT2D eigenvalue weighted by Crippen LogP contribution is 2.38. The van der Waals surface area contributed by atoms with Gasteiger partial charge >= 0.3 is 0 Å². The minimum absolute atomic E-state index is 0.111. The number of fused-ring (bicyclic) bond motifs is 1. The van der Waals surface area contributed by atoms with Crippen LogP contribution in [0.4, 0.5) is 5.95 Å². The number of rotatable bonds is 3. The van der Waals surface area contributed by atoms with Crippen LogP contribution in [0.5, 0.6) is 11.5 Å². The average Bonchev–Trinajstić information content (AvgIpc) is 3.03. The van der Waals surface area contributed by atoms with Crippen molar-refractivity contribution in [2.45, 2.75) is 26.3 Å². The van der Waals surface area contributed by atoms with E-state index >= 15 is 0 Å². The SMILES string of the molecule is CC(C)c1nc(N2CCOc3c(O)cc(-c4cccc(Cl)c4)cc3C2)no1. The van der Waals surface area contributed by atoms with Crippen LogP contribution in [0.15, 0.2) is 40.9 Å². The van der Waals surface area contributed by atoms with Crippen LogP contribution in [0.2, 0.25) is 5.02 Å². The van der Waals surface area contributed by atoms with Crippen molar-refractivity contribution < 1.29 is 14.4 Å². The van der Waals surface area contributed by atoms with E-state index in [4.69, 9.17) is 20.9 Å². The number of benzene rings is 2. The first-order chi connectivity index (χ1) is 13.0. The molecule has 6 nitrogen and oxygen atoms in total. The van der Waals surface area contributed by atoms with Crippen LogP contribution in [0.3, 0.4) is 0 Å². The van der Waals surface area contributed by atoms with Crippen molar-refractivity contribution in [2.75, 3.05) is 18.1 Å². The molecule has 27 heavy (non-hydrogen) atoms. The summed E-state index contributed by atoms with van der Waals surface area (Å²) < 4.78 is 11.1. The number of phenols is 1. The summed E-state index contributed by atoms with van der Waals surface area (Å²) in [6.45, 7) is 5.54. The van der Waals surface area contributed by atoms with Crippen LogP contribution in [0.25, 0.3) is 11.1 Å². The Morgan fingerprint density at radius 3 is 2.78 bits per heavy atom. The molecule has 0 amide bonds. The molecule has 0 radical (unpaired) electrons. The second kappa shape index (κ2) is 7.12. The summed E-state index contributed by atoms with van der Waals surface area (Å²) in [6, 6.07) is 11.2. The van der Waals surface area contributed by atoms with Crippen molar-refractivity contribution in [1.82, 2.24) is 10.1 Å². The highest BCUT2D eigenvalue weighted by Gasteiger charge is 2.23. The van der Waals surface area contributed by atoms with E-state index in [-0.39, 0.29) is 11.7 Å². The lowest BCUT2D eigenvalue weighted by Crippen LogP contribution is -2.26. The topological polar surface area (TPSA) is 71.6 Å². The number of hydrogen-bond acceptors (Lipinski definition) is 6. The highest BCUT2D eigenvalue weighted by atomic mass is 35.5. The molecule has 7 heteroatoms. The fourth-order valence-electron chi connectivity index (χ4n) is 3.09. The Morgan fingerprint density at radius 2 is 2.04 bits per heavy atom. The van der Waals surface area contributed by atoms with Gasteiger partial charge in [0.15, 0.2) is 11.5 Å². The summed E-state index contributed by atoms with van der Waals surface area (Å²) in [5.74, 6) is 1.91. The number of nitrogens with zero attached hydrogens (tertiary/aromatic N) is 3. The van der Waals surface area contributed by atoms with Crippen molar-refractivity contribution in [1.29, 1.82) is 0 Å². The molecule has 0 aliphatic carbocycles. The summed E-state index contributed by atoms with van der Waals surface area (Å²) in [5.41, 5.74) is 2.66. The summed E-state index contributed by atoms with van der Waals surface area (Å²) in [5, 5.41) is 15.2. The maximum Gasteiger partial charge on any atom is 0.266 e. The maximum absolute atomic E-state index is 10.5. The lowest BCUT2D eigenvalue weighted by molar-refractivity contribution is 0.311. The van der Waals surface area contributed by atoms with E-state index in [9.17, 15) is 5.11 Å². The number of ether oxygens (including phenoxy) is 1. The van der Waals surface area contributed by atoms with Crippen molar-refractivity contribution in [3.63, 3.8) is 0 Å². The van der Waals surface area contributed by atoms with Crippen LogP contribution in [0.1, 0.15) is 31.2 Å². The normalized spacial score (nSPS) is 14.0. The van der Waals surface area contributed by atoms with E-state index in [2.05, 4.69) is 10.1 Å². The molecule has 1 aliphatic rings. The quantitative estimate of drug-likeness (QED) is 0.709. The van der Waals surface area contributed by atoms with Gasteiger partial charge in [0.25, 0.3) is 5.95 Å². The molecule has 3 aromatic rings. The third-order valence-corrected chi connectivity index (χ3v) is 4.72. The lowest BCUT2D eigenvalue weighted by atomic mass is 10.0. The molecule has 1 N–H and O–H groups in total. The largest absolute Gasteiger partial charge is 0.504 e. The average molecular weight is 386 g/mol. The first kappa shape index (κ1) is 17.7. The van der Waals surface area contributed by atoms with Crippen LogP contribution in [0, 0.1) is 0 Å². The molecule has 4 rings (SSSR count). The zero-order valence-corrected chi connectivity index (χ0v) is 15.9. The van der Waals surface area contributed by atoms with Crippen LogP contribution < -0.4 is 9.64 Å². The van der Waals surface area contributed by atoms with Gasteiger partial charge in [-0.25, -0.2) is 0 Å². The Bertz CT molecular complexity index is 971. The van der Waals surface area contributed by atoms with E-state index in [1.807, 2.05) is 49.1 Å². The minimum atomic E-state index is 0.111. The van der Waals surface area contributed by atoms with Gasteiger partial charge in [-0.05, 0) is 40.5 Å². The molecular weight excluding hydrogens is 366 g/mol. The van der Waals surface area contributed by atoms with Crippen LogP contribution in [-0.4, -0.2) is 28.4 Å². The molecule has 0 saturated carbocycles. The van der Waals surface area contributed by atoms with Gasteiger partial charge in [-0.1, -0.05) is 37.6 Å². The Hall–Kier alpha value is -2.73. The van der Waals surface area contributed by atoms with Crippen LogP contribution >= 0.6 is 11.6 Å². The number of phenolic OH excluding ortho intramolecular Hbond substituents is 1. The Balaban J connectivity index is 1.70. The Kier molecular flexibility index (Phi) is 4.66. The van der Waals surface area contributed by atoms with Gasteiger partial charge in [-0.2, -0.15) is 4.98 Å². The second-order valence-electron chi connectivity index (χ2n) is 6.85. The minimum Gasteiger partial charge on any atom is -0.504 e. The van der Waals surface area contributed by atoms with Crippen molar-refractivity contribution in [3.05, 3.63) is 52.9 Å². The summed E-state index contributed by atoms with van der Waals surface area (Å²) in [7, 11) is 0. The zero-order valence-electron chi connectivity index (χ0n) is 15.1. The molecule has 0 spiro atoms. The Morgan fingerprint density at radius 1 is 1.19 bits per heavy atom. The van der Waals surface area contributed by atoms with Gasteiger partial charge in [0, 0.05) is 23.0 Å². The third-order valence-electron chi connectivity index (χ3n) is 4.48. The molecule has 0 saturated heterocycles. The molecule has 0 bridgehead atoms. The van der Waals surface area contributed by atoms with E-state index < -0.39 is 0 Å². The first-order valence-electron chi connectivity index (χ1n) is 8.84. The van der Waals surface area contributed by atoms with E-state index in [0.29, 0.717) is 42.3 Å². The summed E-state index contributed by atoms with van der Waals surface area (Å²) >= 11 is 6.11. The lowest BCUT2D eigenvalue weighted by Gasteiger charge is -2.17. The van der Waals surface area contributed by atoms with Crippen molar-refractivity contribution in [2.24, 2.45) is 0 Å². The number of aromatic hydroxyl groups is 1. The first-order valence-corrected chi connectivity index (χ1v) is 9.22. The molecule has 1 aliphatic heterocycles. The van der Waals surface area contributed by atoms with Gasteiger partial charge < -0.3 is 19.3 Å². The second-order valence-corrected chi connectivity index (χ2v) is 7.29. The fourth-order valence-corrected chi connectivity index (χ4v) is 3.28. The maximum atomic E-state index is 10.5. The van der Waals surface area contributed by atoms with E-state index in [1.54, 1.807) is 6.07 Å². The molecule has 2 aromatic carbocycles. The molecule has 0 fully saturated rings. The van der Waals surface area contributed by atoms with Crippen molar-refractivity contribution in [3.8, 4) is 22.6 Å². The number of hydrogen-bond donors (Lipinski definition) is 1. The van der Waals surface area contributed by atoms with Gasteiger partial charge in [-0.15, -0.1) is 0 Å². The number of halogens is 1. The van der Waals surface area contributed by atoms with Gasteiger partial charge in [-0.3, -0.25) is 0 Å². The number of anilines is 1. The standard InChI is InChI=1S/C20H20ClN3O3/c1-12(2)19-22-20(23-27-19)24-6-7-26-18-15(11-24)8-14(10-17(18)25)13-4-3-5-16(21)9-13/h3-5,8-10,12,25H,6-7,11H2,1-2H3. The zero-order chi connectivity index (χ0) is 19.0. The van der Waals surface area contributed by atoms with Gasteiger partial charge in [0.05, 0.1) is 6.54 Å². The molecular formula is C20H20ClN3O3. The highest BCUT2D eigenvalue weighted by molar-refractivity contribution is 6.30. The monoisotopic (exact) mass is 385 g/mol. The van der Waals surface area contributed by atoms with E-state index in [1.165, 1.54) is 0 Å². The summed E-state index contributed by atoms with van der Waals surface area (Å²) in [4.78, 5) is 6.46.